The van der Waals surface area contributed by atoms with Crippen molar-refractivity contribution in [3.8, 4) is 0 Å². The lowest BCUT2D eigenvalue weighted by molar-refractivity contribution is 0.188. The quantitative estimate of drug-likeness (QED) is 0.420. The van der Waals surface area contributed by atoms with Gasteiger partial charge in [0.15, 0.2) is 0 Å². The number of alkyl halides is 2. The van der Waals surface area contributed by atoms with Crippen LogP contribution in [0.15, 0.2) is 29.9 Å². The van der Waals surface area contributed by atoms with Crippen molar-refractivity contribution >= 4 is 6.72 Å². The molecule has 0 radical (unpaired) electrons. The van der Waals surface area contributed by atoms with Crippen LogP contribution in [0.25, 0.3) is 0 Å². The predicted octanol–water partition coefficient (Wildman–Crippen LogP) is 2.66. The maximum atomic E-state index is 11.5. The number of nitrogens with zero attached hydrogens (tertiary/aromatic N) is 1. The van der Waals surface area contributed by atoms with E-state index in [1.807, 2.05) is 0 Å². The molecule has 58 valence electrons. The molecule has 0 aromatic heterocycles. The zero-order valence-corrected chi connectivity index (χ0v) is 5.98. The van der Waals surface area contributed by atoms with Gasteiger partial charge in [-0.15, -0.1) is 13.2 Å². The first-order chi connectivity index (χ1) is 4.72. The highest BCUT2D eigenvalue weighted by Crippen LogP contribution is 2.07. The summed E-state index contributed by atoms with van der Waals surface area (Å²) in [7, 11) is 0. The Hall–Kier alpha value is -0.990. The van der Waals surface area contributed by atoms with E-state index in [1.165, 1.54) is 13.0 Å². The SMILES string of the molecule is C=C.C=N/C(=C\C)C(F)F. The highest BCUT2D eigenvalue weighted by Gasteiger charge is 2.04. The molecule has 3 heteroatoms. The van der Waals surface area contributed by atoms with Gasteiger partial charge in [-0.1, -0.05) is 6.08 Å². The molecular weight excluding hydrogens is 136 g/mol. The average Bonchev–Trinajstić information content (AvgIpc) is 1.94. The molecule has 1 nitrogen and oxygen atoms in total. The molecule has 0 aliphatic heterocycles. The van der Waals surface area contributed by atoms with Crippen molar-refractivity contribution in [3.63, 3.8) is 0 Å². The summed E-state index contributed by atoms with van der Waals surface area (Å²) in [5.74, 6) is 0. The highest BCUT2D eigenvalue weighted by molar-refractivity contribution is 5.29. The molecular formula is C7H11F2N. The van der Waals surface area contributed by atoms with Gasteiger partial charge < -0.3 is 0 Å². The largest absolute Gasteiger partial charge is 0.280 e. The second-order valence-electron chi connectivity index (χ2n) is 1.17. The second-order valence-corrected chi connectivity index (χ2v) is 1.17. The first-order valence-electron chi connectivity index (χ1n) is 2.63. The van der Waals surface area contributed by atoms with Gasteiger partial charge in [0.1, 0.15) is 5.70 Å². The fourth-order valence-electron chi connectivity index (χ4n) is 0.286. The molecule has 0 aromatic rings. The lowest BCUT2D eigenvalue weighted by atomic mass is 10.4. The van der Waals surface area contributed by atoms with E-state index < -0.39 is 6.43 Å². The normalized spacial score (nSPS) is 10.2. The third-order valence-corrected chi connectivity index (χ3v) is 0.702. The zero-order valence-electron chi connectivity index (χ0n) is 5.98. The van der Waals surface area contributed by atoms with Crippen molar-refractivity contribution in [3.05, 3.63) is 24.9 Å². The van der Waals surface area contributed by atoms with Crippen molar-refractivity contribution in [1.82, 2.24) is 0 Å². The maximum Gasteiger partial charge on any atom is 0.280 e. The Bertz CT molecular complexity index is 119. The Labute approximate surface area is 59.8 Å². The Morgan fingerprint density at radius 2 is 1.90 bits per heavy atom. The van der Waals surface area contributed by atoms with E-state index in [9.17, 15) is 8.78 Å². The number of hydrogen-bond acceptors (Lipinski definition) is 1. The van der Waals surface area contributed by atoms with Crippen molar-refractivity contribution in [2.75, 3.05) is 0 Å². The average molecular weight is 147 g/mol. The smallest absolute Gasteiger partial charge is 0.263 e. The van der Waals surface area contributed by atoms with Crippen molar-refractivity contribution in [1.29, 1.82) is 0 Å². The highest BCUT2D eigenvalue weighted by atomic mass is 19.3. The molecule has 0 unspecified atom stereocenters. The van der Waals surface area contributed by atoms with E-state index in [4.69, 9.17) is 0 Å². The molecule has 10 heavy (non-hydrogen) atoms. The van der Waals surface area contributed by atoms with E-state index in [0.717, 1.165) is 0 Å². The van der Waals surface area contributed by atoms with Crippen LogP contribution in [0.4, 0.5) is 8.78 Å². The van der Waals surface area contributed by atoms with E-state index in [1.54, 1.807) is 0 Å². The molecule has 0 rings (SSSR count). The fourth-order valence-corrected chi connectivity index (χ4v) is 0.286. The van der Waals surface area contributed by atoms with Crippen LogP contribution in [-0.4, -0.2) is 13.1 Å². The first kappa shape index (κ1) is 11.8. The molecule has 0 atom stereocenters. The predicted molar refractivity (Wildman–Crippen MR) is 40.6 cm³/mol. The van der Waals surface area contributed by atoms with Gasteiger partial charge in [0.05, 0.1) is 0 Å². The van der Waals surface area contributed by atoms with E-state index in [0.29, 0.717) is 0 Å². The van der Waals surface area contributed by atoms with Crippen molar-refractivity contribution < 1.29 is 8.78 Å². The van der Waals surface area contributed by atoms with Gasteiger partial charge in [-0.2, -0.15) is 0 Å². The number of rotatable bonds is 2. The molecule has 0 saturated carbocycles. The fraction of sp³-hybridized carbons (Fsp3) is 0.286. The molecule has 0 aromatic carbocycles. The van der Waals surface area contributed by atoms with Crippen LogP contribution < -0.4 is 0 Å². The number of aliphatic imine (C=N–C) groups is 1. The Morgan fingerprint density at radius 3 is 1.90 bits per heavy atom. The van der Waals surface area contributed by atoms with Crippen LogP contribution in [0.3, 0.4) is 0 Å². The van der Waals surface area contributed by atoms with Gasteiger partial charge in [-0.05, 0) is 13.6 Å². The maximum absolute atomic E-state index is 11.5. The van der Waals surface area contributed by atoms with Crippen LogP contribution in [0.5, 0.6) is 0 Å². The van der Waals surface area contributed by atoms with Crippen LogP contribution in [0, 0.1) is 0 Å². The summed E-state index contributed by atoms with van der Waals surface area (Å²) in [6.07, 6.45) is -1.25. The Morgan fingerprint density at radius 1 is 1.50 bits per heavy atom. The minimum absolute atomic E-state index is 0.259. The van der Waals surface area contributed by atoms with Crippen molar-refractivity contribution in [2.45, 2.75) is 13.3 Å². The first-order valence-corrected chi connectivity index (χ1v) is 2.63. The van der Waals surface area contributed by atoms with Gasteiger partial charge >= 0.3 is 0 Å². The number of hydrogen-bond donors (Lipinski definition) is 0. The van der Waals surface area contributed by atoms with Gasteiger partial charge in [0, 0.05) is 0 Å². The van der Waals surface area contributed by atoms with Crippen LogP contribution in [0.1, 0.15) is 6.92 Å². The standard InChI is InChI=1S/C5H7F2N.C2H4/c1-3-4(8-2)5(6)7;1-2/h3,5H,2H2,1H3;1-2H2/b4-3-;. The summed E-state index contributed by atoms with van der Waals surface area (Å²) in [4.78, 5) is 3.07. The van der Waals surface area contributed by atoms with Gasteiger partial charge in [0.2, 0.25) is 0 Å². The van der Waals surface area contributed by atoms with Gasteiger partial charge in [-0.25, -0.2) is 8.78 Å². The molecule has 0 N–H and O–H groups in total. The van der Waals surface area contributed by atoms with Crippen LogP contribution >= 0.6 is 0 Å². The van der Waals surface area contributed by atoms with Crippen LogP contribution in [-0.2, 0) is 0 Å². The molecule has 0 spiro atoms. The monoisotopic (exact) mass is 147 g/mol. The number of halogens is 2. The number of allylic oxidation sites excluding steroid dienone is 2. The third-order valence-electron chi connectivity index (χ3n) is 0.702. The summed E-state index contributed by atoms with van der Waals surface area (Å²) in [6.45, 7) is 10.5. The summed E-state index contributed by atoms with van der Waals surface area (Å²) in [5, 5.41) is 0. The lowest BCUT2D eigenvalue weighted by Gasteiger charge is -1.93. The molecule has 0 aliphatic rings. The zero-order chi connectivity index (χ0) is 8.57. The Kier molecular flexibility index (Phi) is 9.42. The third kappa shape index (κ3) is 5.15. The van der Waals surface area contributed by atoms with Crippen molar-refractivity contribution in [2.24, 2.45) is 4.99 Å². The molecule has 0 saturated heterocycles. The molecule has 0 heterocycles. The minimum Gasteiger partial charge on any atom is -0.263 e. The minimum atomic E-state index is -2.49. The molecule has 0 aliphatic carbocycles. The molecule has 0 amide bonds. The Balaban J connectivity index is 0. The van der Waals surface area contributed by atoms with E-state index in [2.05, 4.69) is 24.9 Å². The summed E-state index contributed by atoms with van der Waals surface area (Å²) < 4.78 is 23.0. The molecule has 0 bridgehead atoms. The van der Waals surface area contributed by atoms with E-state index >= 15 is 0 Å². The summed E-state index contributed by atoms with van der Waals surface area (Å²) >= 11 is 0. The van der Waals surface area contributed by atoms with Gasteiger partial charge in [-0.3, -0.25) is 4.99 Å². The van der Waals surface area contributed by atoms with Gasteiger partial charge in [0.25, 0.3) is 6.43 Å². The summed E-state index contributed by atoms with van der Waals surface area (Å²) in [6, 6.07) is 0. The molecule has 0 fully saturated rings. The topological polar surface area (TPSA) is 12.4 Å². The summed E-state index contributed by atoms with van der Waals surface area (Å²) in [5.41, 5.74) is -0.259. The lowest BCUT2D eigenvalue weighted by Crippen LogP contribution is -1.91. The second kappa shape index (κ2) is 8.01. The van der Waals surface area contributed by atoms with E-state index in [-0.39, 0.29) is 5.70 Å². The van der Waals surface area contributed by atoms with Crippen LogP contribution in [0.2, 0.25) is 0 Å².